The van der Waals surface area contributed by atoms with E-state index in [-0.39, 0.29) is 0 Å². The van der Waals surface area contributed by atoms with Gasteiger partial charge in [-0.1, -0.05) is 91.0 Å². The molecule has 0 atom stereocenters. The van der Waals surface area contributed by atoms with E-state index in [1.807, 2.05) is 11.3 Å². The third-order valence-electron chi connectivity index (χ3n) is 8.45. The van der Waals surface area contributed by atoms with Gasteiger partial charge in [0.2, 0.25) is 0 Å². The quantitative estimate of drug-likeness (QED) is 0.210. The number of fused-ring (bicyclic) bond motifs is 8. The van der Waals surface area contributed by atoms with E-state index in [0.717, 1.165) is 33.6 Å². The van der Waals surface area contributed by atoms with Crippen LogP contribution in [0, 0.1) is 0 Å². The van der Waals surface area contributed by atoms with E-state index in [2.05, 4.69) is 157 Å². The van der Waals surface area contributed by atoms with Crippen molar-refractivity contribution in [3.63, 3.8) is 0 Å². The SMILES string of the molecule is c1ccc(-c2ccc(N(c3ccc4c(c3)oc3ccc5ccccc5c34)c3ccc4sc5ccccc5c4c3)cc2)cc1. The third-order valence-corrected chi connectivity index (χ3v) is 9.61. The first-order valence-electron chi connectivity index (χ1n) is 14.5. The maximum absolute atomic E-state index is 6.49. The van der Waals surface area contributed by atoms with Crippen LogP contribution in [0.1, 0.15) is 0 Å². The van der Waals surface area contributed by atoms with E-state index < -0.39 is 0 Å². The molecule has 2 aromatic heterocycles. The highest BCUT2D eigenvalue weighted by atomic mass is 32.1. The molecule has 0 saturated heterocycles. The van der Waals surface area contributed by atoms with Gasteiger partial charge in [0.25, 0.3) is 0 Å². The second kappa shape index (κ2) is 9.59. The van der Waals surface area contributed by atoms with Crippen LogP contribution >= 0.6 is 11.3 Å². The monoisotopic (exact) mass is 567 g/mol. The predicted molar refractivity (Wildman–Crippen MR) is 184 cm³/mol. The number of thiophene rings is 1. The molecule has 0 bridgehead atoms. The first-order chi connectivity index (χ1) is 21.3. The van der Waals surface area contributed by atoms with Crippen LogP contribution in [0.3, 0.4) is 0 Å². The Balaban J connectivity index is 1.24. The highest BCUT2D eigenvalue weighted by Gasteiger charge is 2.18. The normalized spacial score (nSPS) is 11.7. The molecule has 2 nitrogen and oxygen atoms in total. The predicted octanol–water partition coefficient (Wildman–Crippen LogP) is 12.2. The van der Waals surface area contributed by atoms with Crippen molar-refractivity contribution in [3.8, 4) is 11.1 Å². The molecule has 202 valence electrons. The highest BCUT2D eigenvalue weighted by molar-refractivity contribution is 7.25. The summed E-state index contributed by atoms with van der Waals surface area (Å²) in [6.07, 6.45) is 0. The van der Waals surface area contributed by atoms with E-state index in [4.69, 9.17) is 4.42 Å². The molecule has 2 heterocycles. The second-order valence-electron chi connectivity index (χ2n) is 11.0. The van der Waals surface area contributed by atoms with Gasteiger partial charge < -0.3 is 9.32 Å². The van der Waals surface area contributed by atoms with Gasteiger partial charge in [0, 0.05) is 54.1 Å². The zero-order valence-corrected chi connectivity index (χ0v) is 24.0. The molecule has 9 rings (SSSR count). The summed E-state index contributed by atoms with van der Waals surface area (Å²) in [6, 6.07) is 54.3. The van der Waals surface area contributed by atoms with Crippen LogP contribution in [-0.4, -0.2) is 0 Å². The summed E-state index contributed by atoms with van der Waals surface area (Å²) in [4.78, 5) is 2.34. The average Bonchev–Trinajstić information content (AvgIpc) is 3.64. The molecule has 0 aliphatic heterocycles. The van der Waals surface area contributed by atoms with E-state index in [1.165, 1.54) is 47.5 Å². The lowest BCUT2D eigenvalue weighted by Crippen LogP contribution is -2.09. The molecule has 43 heavy (non-hydrogen) atoms. The fourth-order valence-corrected chi connectivity index (χ4v) is 7.49. The number of nitrogens with zero attached hydrogens (tertiary/aromatic N) is 1. The summed E-state index contributed by atoms with van der Waals surface area (Å²) < 4.78 is 9.10. The zero-order valence-electron chi connectivity index (χ0n) is 23.2. The van der Waals surface area contributed by atoms with Crippen LogP contribution in [-0.2, 0) is 0 Å². The molecular formula is C40H25NOS. The van der Waals surface area contributed by atoms with Gasteiger partial charge in [-0.25, -0.2) is 0 Å². The molecule has 0 N–H and O–H groups in total. The minimum Gasteiger partial charge on any atom is -0.456 e. The summed E-state index contributed by atoms with van der Waals surface area (Å²) in [7, 11) is 0. The van der Waals surface area contributed by atoms with Crippen molar-refractivity contribution in [2.45, 2.75) is 0 Å². The first kappa shape index (κ1) is 24.2. The standard InChI is InChI=1S/C40H25NOS/c1-2-8-26(9-3-1)27-14-17-29(18-15-27)41(30-20-23-39-35(24-30)33-12-6-7-13-38(33)43-39)31-19-21-34-37(25-31)42-36-22-16-28-10-4-5-11-32(28)40(34)36/h1-25H. The molecule has 0 aliphatic rings. The molecule has 9 aromatic rings. The Morgan fingerprint density at radius 1 is 0.419 bits per heavy atom. The van der Waals surface area contributed by atoms with Crippen LogP contribution in [0.15, 0.2) is 156 Å². The van der Waals surface area contributed by atoms with Crippen molar-refractivity contribution in [1.82, 2.24) is 0 Å². The number of hydrogen-bond acceptors (Lipinski definition) is 3. The number of benzene rings is 7. The number of anilines is 3. The fraction of sp³-hybridized carbons (Fsp3) is 0. The van der Waals surface area contributed by atoms with Crippen LogP contribution in [0.4, 0.5) is 17.1 Å². The molecule has 0 spiro atoms. The minimum atomic E-state index is 0.886. The average molecular weight is 568 g/mol. The van der Waals surface area contributed by atoms with Crippen molar-refractivity contribution in [2.24, 2.45) is 0 Å². The van der Waals surface area contributed by atoms with Crippen molar-refractivity contribution >= 4 is 81.3 Å². The molecule has 0 amide bonds. The van der Waals surface area contributed by atoms with Gasteiger partial charge in [0.15, 0.2) is 0 Å². The molecular weight excluding hydrogens is 543 g/mol. The van der Waals surface area contributed by atoms with Crippen LogP contribution in [0.2, 0.25) is 0 Å². The van der Waals surface area contributed by atoms with Gasteiger partial charge in [0.05, 0.1) is 0 Å². The lowest BCUT2D eigenvalue weighted by Gasteiger charge is -2.26. The summed E-state index contributed by atoms with van der Waals surface area (Å²) in [5, 5.41) is 7.32. The van der Waals surface area contributed by atoms with E-state index in [1.54, 1.807) is 0 Å². The summed E-state index contributed by atoms with van der Waals surface area (Å²) in [5.74, 6) is 0. The Hall–Kier alpha value is -5.38. The van der Waals surface area contributed by atoms with Gasteiger partial charge in [-0.2, -0.15) is 0 Å². The Morgan fingerprint density at radius 3 is 1.98 bits per heavy atom. The van der Waals surface area contributed by atoms with E-state index in [0.29, 0.717) is 0 Å². The van der Waals surface area contributed by atoms with Crippen LogP contribution in [0.5, 0.6) is 0 Å². The zero-order chi connectivity index (χ0) is 28.3. The second-order valence-corrected chi connectivity index (χ2v) is 12.1. The summed E-state index contributed by atoms with van der Waals surface area (Å²) >= 11 is 1.84. The van der Waals surface area contributed by atoms with E-state index in [9.17, 15) is 0 Å². The van der Waals surface area contributed by atoms with Gasteiger partial charge in [-0.3, -0.25) is 0 Å². The molecule has 0 aliphatic carbocycles. The van der Waals surface area contributed by atoms with Gasteiger partial charge in [0.1, 0.15) is 11.2 Å². The van der Waals surface area contributed by atoms with Crippen molar-refractivity contribution in [1.29, 1.82) is 0 Å². The maximum atomic E-state index is 6.49. The van der Waals surface area contributed by atoms with Crippen LogP contribution < -0.4 is 4.90 Å². The lowest BCUT2D eigenvalue weighted by molar-refractivity contribution is 0.669. The molecule has 0 radical (unpaired) electrons. The van der Waals surface area contributed by atoms with Gasteiger partial charge in [-0.05, 0) is 76.5 Å². The Morgan fingerprint density at radius 2 is 1.09 bits per heavy atom. The first-order valence-corrected chi connectivity index (χ1v) is 15.3. The Labute approximate surface area is 252 Å². The van der Waals surface area contributed by atoms with Crippen molar-refractivity contribution < 1.29 is 4.42 Å². The summed E-state index contributed by atoms with van der Waals surface area (Å²) in [6.45, 7) is 0. The fourth-order valence-electron chi connectivity index (χ4n) is 6.41. The third kappa shape index (κ3) is 3.93. The van der Waals surface area contributed by atoms with Gasteiger partial charge in [-0.15, -0.1) is 11.3 Å². The van der Waals surface area contributed by atoms with Crippen molar-refractivity contribution in [3.05, 3.63) is 152 Å². The van der Waals surface area contributed by atoms with Crippen molar-refractivity contribution in [2.75, 3.05) is 4.90 Å². The Bertz CT molecular complexity index is 2450. The Kier molecular flexibility index (Phi) is 5.40. The molecule has 3 heteroatoms. The molecule has 0 fully saturated rings. The van der Waals surface area contributed by atoms with E-state index >= 15 is 0 Å². The lowest BCUT2D eigenvalue weighted by atomic mass is 10.0. The number of hydrogen-bond donors (Lipinski definition) is 0. The molecule has 0 unspecified atom stereocenters. The highest BCUT2D eigenvalue weighted by Crippen LogP contribution is 2.43. The number of rotatable bonds is 4. The molecule has 7 aromatic carbocycles. The minimum absolute atomic E-state index is 0.886. The molecule has 0 saturated carbocycles. The van der Waals surface area contributed by atoms with Crippen LogP contribution in [0.25, 0.3) is 64.0 Å². The smallest absolute Gasteiger partial charge is 0.137 e. The summed E-state index contributed by atoms with van der Waals surface area (Å²) in [5.41, 5.74) is 7.48. The van der Waals surface area contributed by atoms with Gasteiger partial charge >= 0.3 is 0 Å². The largest absolute Gasteiger partial charge is 0.456 e. The topological polar surface area (TPSA) is 16.4 Å². The number of furan rings is 1. The maximum Gasteiger partial charge on any atom is 0.137 e.